The standard InChI is InChI=1S/C17H21N5O2S/c1-25(23,24)21-15-4-2-12(3-5-15)16-6-7-17(20-19-16)22-10-13-8-18-9-14(13)11-22/h2-7,13-14,18,21H,8-11H2,1H3. The van der Waals surface area contributed by atoms with Crippen LogP contribution in [0.5, 0.6) is 0 Å². The van der Waals surface area contributed by atoms with Gasteiger partial charge in [0.2, 0.25) is 10.0 Å². The molecule has 2 saturated heterocycles. The predicted molar refractivity (Wildman–Crippen MR) is 98.0 cm³/mol. The van der Waals surface area contributed by atoms with Crippen molar-refractivity contribution in [1.82, 2.24) is 15.5 Å². The summed E-state index contributed by atoms with van der Waals surface area (Å²) < 4.78 is 24.9. The van der Waals surface area contributed by atoms with Gasteiger partial charge in [-0.05, 0) is 36.1 Å². The molecule has 2 aromatic rings. The predicted octanol–water partition coefficient (Wildman–Crippen LogP) is 1.17. The first-order chi connectivity index (χ1) is 12.0. The lowest BCUT2D eigenvalue weighted by molar-refractivity contribution is 0.533. The minimum absolute atomic E-state index is 0.535. The summed E-state index contributed by atoms with van der Waals surface area (Å²) in [6.07, 6.45) is 1.13. The van der Waals surface area contributed by atoms with Gasteiger partial charge in [-0.3, -0.25) is 4.72 Å². The maximum Gasteiger partial charge on any atom is 0.229 e. The van der Waals surface area contributed by atoms with Crippen LogP contribution in [0.4, 0.5) is 11.5 Å². The number of anilines is 2. The summed E-state index contributed by atoms with van der Waals surface area (Å²) in [6, 6.07) is 11.1. The van der Waals surface area contributed by atoms with Gasteiger partial charge in [0.25, 0.3) is 0 Å². The van der Waals surface area contributed by atoms with Crippen molar-refractivity contribution in [2.24, 2.45) is 11.8 Å². The van der Waals surface area contributed by atoms with Crippen molar-refractivity contribution in [3.8, 4) is 11.3 Å². The van der Waals surface area contributed by atoms with E-state index in [0.717, 1.165) is 61.3 Å². The largest absolute Gasteiger partial charge is 0.354 e. The molecule has 0 bridgehead atoms. The highest BCUT2D eigenvalue weighted by Crippen LogP contribution is 2.29. The summed E-state index contributed by atoms with van der Waals surface area (Å²) in [5.41, 5.74) is 2.21. The Kier molecular flexibility index (Phi) is 4.09. The van der Waals surface area contributed by atoms with E-state index in [2.05, 4.69) is 25.1 Å². The molecule has 3 heterocycles. The van der Waals surface area contributed by atoms with Crippen molar-refractivity contribution in [3.05, 3.63) is 36.4 Å². The first-order valence-corrected chi connectivity index (χ1v) is 10.2. The van der Waals surface area contributed by atoms with Crippen LogP contribution < -0.4 is 14.9 Å². The Morgan fingerprint density at radius 3 is 2.28 bits per heavy atom. The van der Waals surface area contributed by atoms with Crippen LogP contribution in [0.3, 0.4) is 0 Å². The van der Waals surface area contributed by atoms with Gasteiger partial charge in [-0.1, -0.05) is 12.1 Å². The molecule has 0 aliphatic carbocycles. The van der Waals surface area contributed by atoms with Crippen LogP contribution in [-0.4, -0.2) is 51.0 Å². The molecule has 1 aromatic carbocycles. The van der Waals surface area contributed by atoms with E-state index in [1.807, 2.05) is 24.3 Å². The van der Waals surface area contributed by atoms with E-state index in [0.29, 0.717) is 5.69 Å². The van der Waals surface area contributed by atoms with Gasteiger partial charge in [0.05, 0.1) is 11.9 Å². The molecule has 2 atom stereocenters. The Morgan fingerprint density at radius 2 is 1.72 bits per heavy atom. The van der Waals surface area contributed by atoms with Crippen molar-refractivity contribution in [2.75, 3.05) is 42.1 Å². The molecule has 2 fully saturated rings. The summed E-state index contributed by atoms with van der Waals surface area (Å²) in [5, 5.41) is 12.2. The van der Waals surface area contributed by atoms with Gasteiger partial charge in [-0.2, -0.15) is 0 Å². The van der Waals surface area contributed by atoms with Crippen LogP contribution in [0.15, 0.2) is 36.4 Å². The van der Waals surface area contributed by atoms with E-state index < -0.39 is 10.0 Å². The highest BCUT2D eigenvalue weighted by Gasteiger charge is 2.36. The second-order valence-corrected chi connectivity index (χ2v) is 8.56. The molecule has 4 rings (SSSR count). The number of rotatable bonds is 4. The second-order valence-electron chi connectivity index (χ2n) is 6.81. The van der Waals surface area contributed by atoms with E-state index in [1.165, 1.54) is 0 Å². The molecule has 2 N–H and O–H groups in total. The minimum atomic E-state index is -3.26. The van der Waals surface area contributed by atoms with Crippen molar-refractivity contribution < 1.29 is 8.42 Å². The third kappa shape index (κ3) is 3.59. The van der Waals surface area contributed by atoms with Gasteiger partial charge in [0.1, 0.15) is 0 Å². The zero-order valence-electron chi connectivity index (χ0n) is 14.0. The molecular formula is C17H21N5O2S. The molecule has 25 heavy (non-hydrogen) atoms. The maximum atomic E-state index is 11.2. The number of hydrogen-bond donors (Lipinski definition) is 2. The Balaban J connectivity index is 1.47. The van der Waals surface area contributed by atoms with Gasteiger partial charge in [-0.25, -0.2) is 8.42 Å². The van der Waals surface area contributed by atoms with Crippen molar-refractivity contribution in [2.45, 2.75) is 0 Å². The average Bonchev–Trinajstić information content (AvgIpc) is 3.16. The third-order valence-electron chi connectivity index (χ3n) is 4.85. The van der Waals surface area contributed by atoms with Crippen LogP contribution in [-0.2, 0) is 10.0 Å². The molecule has 8 heteroatoms. The zero-order chi connectivity index (χ0) is 17.4. The smallest absolute Gasteiger partial charge is 0.229 e. The molecule has 132 valence electrons. The fourth-order valence-corrected chi connectivity index (χ4v) is 4.18. The lowest BCUT2D eigenvalue weighted by Gasteiger charge is -2.17. The SMILES string of the molecule is CS(=O)(=O)Nc1ccc(-c2ccc(N3CC4CNCC4C3)nn2)cc1. The molecule has 2 aliphatic heterocycles. The molecule has 0 spiro atoms. The maximum absolute atomic E-state index is 11.2. The quantitative estimate of drug-likeness (QED) is 0.852. The summed E-state index contributed by atoms with van der Waals surface area (Å²) in [4.78, 5) is 2.31. The number of aromatic nitrogens is 2. The molecule has 0 radical (unpaired) electrons. The average molecular weight is 359 g/mol. The van der Waals surface area contributed by atoms with Crippen LogP contribution in [0.1, 0.15) is 0 Å². The number of nitrogens with one attached hydrogen (secondary N) is 2. The molecule has 0 saturated carbocycles. The Labute approximate surface area is 147 Å². The highest BCUT2D eigenvalue weighted by molar-refractivity contribution is 7.92. The van der Waals surface area contributed by atoms with E-state index in [9.17, 15) is 8.42 Å². The van der Waals surface area contributed by atoms with Gasteiger partial charge in [0.15, 0.2) is 5.82 Å². The van der Waals surface area contributed by atoms with Crippen LogP contribution in [0.2, 0.25) is 0 Å². The first-order valence-electron chi connectivity index (χ1n) is 8.35. The van der Waals surface area contributed by atoms with Crippen LogP contribution >= 0.6 is 0 Å². The summed E-state index contributed by atoms with van der Waals surface area (Å²) in [6.45, 7) is 4.27. The number of benzene rings is 1. The summed E-state index contributed by atoms with van der Waals surface area (Å²) in [7, 11) is -3.26. The second kappa shape index (κ2) is 6.27. The normalized spacial score (nSPS) is 22.8. The van der Waals surface area contributed by atoms with E-state index >= 15 is 0 Å². The van der Waals surface area contributed by atoms with Crippen molar-refractivity contribution >= 4 is 21.5 Å². The third-order valence-corrected chi connectivity index (χ3v) is 5.45. The number of fused-ring (bicyclic) bond motifs is 1. The van der Waals surface area contributed by atoms with E-state index in [-0.39, 0.29) is 0 Å². The fraction of sp³-hybridized carbons (Fsp3) is 0.412. The van der Waals surface area contributed by atoms with Crippen molar-refractivity contribution in [1.29, 1.82) is 0 Å². The molecule has 7 nitrogen and oxygen atoms in total. The van der Waals surface area contributed by atoms with Crippen molar-refractivity contribution in [3.63, 3.8) is 0 Å². The molecular weight excluding hydrogens is 338 g/mol. The summed E-state index contributed by atoms with van der Waals surface area (Å²) >= 11 is 0. The van der Waals surface area contributed by atoms with Gasteiger partial charge < -0.3 is 10.2 Å². The van der Waals surface area contributed by atoms with Gasteiger partial charge >= 0.3 is 0 Å². The molecule has 2 aliphatic rings. The number of hydrogen-bond acceptors (Lipinski definition) is 6. The molecule has 2 unspecified atom stereocenters. The Morgan fingerprint density at radius 1 is 1.04 bits per heavy atom. The van der Waals surface area contributed by atoms with Gasteiger partial charge in [0, 0.05) is 37.4 Å². The number of sulfonamides is 1. The zero-order valence-corrected chi connectivity index (χ0v) is 14.8. The first kappa shape index (κ1) is 16.3. The van der Waals surface area contributed by atoms with Crippen LogP contribution in [0, 0.1) is 11.8 Å². The molecule has 1 aromatic heterocycles. The number of nitrogens with zero attached hydrogens (tertiary/aromatic N) is 3. The van der Waals surface area contributed by atoms with E-state index in [4.69, 9.17) is 0 Å². The highest BCUT2D eigenvalue weighted by atomic mass is 32.2. The van der Waals surface area contributed by atoms with Gasteiger partial charge in [-0.15, -0.1) is 10.2 Å². The monoisotopic (exact) mass is 359 g/mol. The Hall–Kier alpha value is -2.19. The fourth-order valence-electron chi connectivity index (χ4n) is 3.61. The summed E-state index contributed by atoms with van der Waals surface area (Å²) in [5.74, 6) is 2.36. The van der Waals surface area contributed by atoms with Crippen LogP contribution in [0.25, 0.3) is 11.3 Å². The lowest BCUT2D eigenvalue weighted by atomic mass is 10.0. The van der Waals surface area contributed by atoms with E-state index in [1.54, 1.807) is 12.1 Å². The lowest BCUT2D eigenvalue weighted by Crippen LogP contribution is -2.26. The minimum Gasteiger partial charge on any atom is -0.354 e. The molecule has 0 amide bonds. The topological polar surface area (TPSA) is 87.2 Å². The Bertz CT molecular complexity index is 840.